The maximum absolute atomic E-state index is 12.6. The highest BCUT2D eigenvalue weighted by Gasteiger charge is 2.14. The van der Waals surface area contributed by atoms with Gasteiger partial charge in [0.05, 0.1) is 42.4 Å². The van der Waals surface area contributed by atoms with Crippen LogP contribution in [-0.4, -0.2) is 43.7 Å². The average molecular weight is 619 g/mol. The van der Waals surface area contributed by atoms with Gasteiger partial charge in [-0.3, -0.25) is 4.79 Å². The highest BCUT2D eigenvalue weighted by molar-refractivity contribution is 5.93. The minimum atomic E-state index is -0.596. The molecule has 3 aromatic rings. The second-order valence-electron chi connectivity index (χ2n) is 10.6. The van der Waals surface area contributed by atoms with Crippen LogP contribution >= 0.6 is 0 Å². The molecule has 3 rings (SSSR count). The van der Waals surface area contributed by atoms with Crippen molar-refractivity contribution < 1.29 is 42.9 Å². The van der Waals surface area contributed by atoms with Crippen molar-refractivity contribution in [2.75, 3.05) is 19.8 Å². The summed E-state index contributed by atoms with van der Waals surface area (Å²) in [6.07, 6.45) is 6.26. The van der Waals surface area contributed by atoms with E-state index in [2.05, 4.69) is 6.92 Å². The molecule has 0 spiro atoms. The number of esters is 4. The predicted molar refractivity (Wildman–Crippen MR) is 169 cm³/mol. The number of hydrogen-bond donors (Lipinski definition) is 0. The largest absolute Gasteiger partial charge is 0.494 e. The van der Waals surface area contributed by atoms with Gasteiger partial charge in [-0.25, -0.2) is 14.4 Å². The summed E-state index contributed by atoms with van der Waals surface area (Å²) in [5.74, 6) is -0.668. The zero-order chi connectivity index (χ0) is 32.4. The van der Waals surface area contributed by atoms with E-state index in [0.717, 1.165) is 38.5 Å². The van der Waals surface area contributed by atoms with E-state index in [1.165, 1.54) is 36.4 Å². The summed E-state index contributed by atoms with van der Waals surface area (Å²) in [6, 6.07) is 18.8. The van der Waals surface area contributed by atoms with Crippen LogP contribution in [0.4, 0.5) is 0 Å². The van der Waals surface area contributed by atoms with Gasteiger partial charge in [0.15, 0.2) is 0 Å². The molecule has 0 aromatic heterocycles. The molecular weight excluding hydrogens is 576 g/mol. The van der Waals surface area contributed by atoms with E-state index in [0.29, 0.717) is 43.1 Å². The van der Waals surface area contributed by atoms with E-state index in [4.69, 9.17) is 23.7 Å². The van der Waals surface area contributed by atoms with E-state index < -0.39 is 17.9 Å². The van der Waals surface area contributed by atoms with Crippen molar-refractivity contribution >= 4 is 23.9 Å². The smallest absolute Gasteiger partial charge is 0.343 e. The van der Waals surface area contributed by atoms with Crippen LogP contribution in [0.2, 0.25) is 0 Å². The Balaban J connectivity index is 1.39. The molecule has 0 radical (unpaired) electrons. The number of carbonyl (C=O) groups is 4. The molecule has 0 saturated heterocycles. The van der Waals surface area contributed by atoms with Crippen LogP contribution in [0.3, 0.4) is 0 Å². The van der Waals surface area contributed by atoms with Crippen LogP contribution in [0.1, 0.15) is 96.8 Å². The van der Waals surface area contributed by atoms with Gasteiger partial charge in [0, 0.05) is 0 Å². The van der Waals surface area contributed by atoms with Gasteiger partial charge in [0.1, 0.15) is 17.2 Å². The Kier molecular flexibility index (Phi) is 14.6. The van der Waals surface area contributed by atoms with Crippen LogP contribution in [0, 0.1) is 5.92 Å². The van der Waals surface area contributed by atoms with Crippen LogP contribution in [0.5, 0.6) is 17.2 Å². The van der Waals surface area contributed by atoms with Crippen molar-refractivity contribution in [3.8, 4) is 17.2 Å². The summed E-state index contributed by atoms with van der Waals surface area (Å²) in [7, 11) is 0. The number of rotatable bonds is 18. The molecule has 0 fully saturated rings. The minimum absolute atomic E-state index is 0.0877. The van der Waals surface area contributed by atoms with E-state index in [1.54, 1.807) is 36.4 Å². The lowest BCUT2D eigenvalue weighted by Crippen LogP contribution is -2.15. The molecule has 9 nitrogen and oxygen atoms in total. The number of unbranched alkanes of at least 4 members (excludes halogenated alkanes) is 4. The minimum Gasteiger partial charge on any atom is -0.494 e. The lowest BCUT2D eigenvalue weighted by Gasteiger charge is -2.10. The molecule has 0 amide bonds. The Morgan fingerprint density at radius 1 is 0.533 bits per heavy atom. The fourth-order valence-corrected chi connectivity index (χ4v) is 3.99. The van der Waals surface area contributed by atoms with Gasteiger partial charge in [0.25, 0.3) is 0 Å². The molecule has 0 aliphatic carbocycles. The first kappa shape index (κ1) is 34.8. The van der Waals surface area contributed by atoms with Gasteiger partial charge in [-0.15, -0.1) is 0 Å². The van der Waals surface area contributed by atoms with Crippen LogP contribution in [0.15, 0.2) is 72.8 Å². The molecule has 0 heterocycles. The molecule has 0 saturated carbocycles. The Bertz CT molecular complexity index is 1360. The average Bonchev–Trinajstić information content (AvgIpc) is 3.06. The van der Waals surface area contributed by atoms with Crippen molar-refractivity contribution in [3.05, 3.63) is 89.5 Å². The highest BCUT2D eigenvalue weighted by Crippen LogP contribution is 2.19. The predicted octanol–water partition coefficient (Wildman–Crippen LogP) is 7.61. The van der Waals surface area contributed by atoms with Crippen LogP contribution in [0.25, 0.3) is 0 Å². The van der Waals surface area contributed by atoms with Gasteiger partial charge in [-0.05, 0) is 98.5 Å². The maximum atomic E-state index is 12.6. The van der Waals surface area contributed by atoms with Gasteiger partial charge >= 0.3 is 23.9 Å². The first-order chi connectivity index (χ1) is 21.8. The second-order valence-corrected chi connectivity index (χ2v) is 10.6. The standard InChI is InChI=1S/C36H42O9/c1-4-6-7-8-24-43-34(38)27-13-19-31(20-14-27)44-36(40)29-15-21-32(22-16-29)45-35(39)28-11-17-30(18-12-28)41-23-9-10-25-42-33(37)26(3)5-2/h11-22,26H,4-10,23-25H2,1-3H3. The number of benzene rings is 3. The molecule has 240 valence electrons. The monoisotopic (exact) mass is 618 g/mol. The first-order valence-electron chi connectivity index (χ1n) is 15.5. The molecule has 1 atom stereocenters. The quantitative estimate of drug-likeness (QED) is 0.0807. The van der Waals surface area contributed by atoms with Crippen molar-refractivity contribution in [2.24, 2.45) is 5.92 Å². The number of carbonyl (C=O) groups excluding carboxylic acids is 4. The zero-order valence-corrected chi connectivity index (χ0v) is 26.3. The fourth-order valence-electron chi connectivity index (χ4n) is 3.99. The van der Waals surface area contributed by atoms with Crippen LogP contribution in [-0.2, 0) is 14.3 Å². The topological polar surface area (TPSA) is 114 Å². The second kappa shape index (κ2) is 18.9. The normalized spacial score (nSPS) is 11.3. The summed E-state index contributed by atoms with van der Waals surface area (Å²) >= 11 is 0. The van der Waals surface area contributed by atoms with E-state index in [9.17, 15) is 19.2 Å². The SMILES string of the molecule is CCCCCCOC(=O)c1ccc(OC(=O)c2ccc(OC(=O)c3ccc(OCCCCOC(=O)C(C)CC)cc3)cc2)cc1. The number of ether oxygens (including phenoxy) is 5. The van der Waals surface area contributed by atoms with Crippen LogP contribution < -0.4 is 14.2 Å². The molecule has 3 aromatic carbocycles. The number of hydrogen-bond acceptors (Lipinski definition) is 9. The molecule has 1 unspecified atom stereocenters. The van der Waals surface area contributed by atoms with Gasteiger partial charge in [0.2, 0.25) is 0 Å². The van der Waals surface area contributed by atoms with Crippen molar-refractivity contribution in [2.45, 2.75) is 65.7 Å². The zero-order valence-electron chi connectivity index (χ0n) is 26.3. The van der Waals surface area contributed by atoms with Crippen molar-refractivity contribution in [1.82, 2.24) is 0 Å². The molecule has 0 aliphatic heterocycles. The third-order valence-electron chi connectivity index (χ3n) is 6.99. The Morgan fingerprint density at radius 3 is 1.49 bits per heavy atom. The molecule has 0 aliphatic rings. The first-order valence-corrected chi connectivity index (χ1v) is 15.5. The van der Waals surface area contributed by atoms with E-state index >= 15 is 0 Å². The van der Waals surface area contributed by atoms with E-state index in [-0.39, 0.29) is 28.9 Å². The van der Waals surface area contributed by atoms with E-state index in [1.807, 2.05) is 13.8 Å². The van der Waals surface area contributed by atoms with Gasteiger partial charge in [-0.1, -0.05) is 40.0 Å². The maximum Gasteiger partial charge on any atom is 0.343 e. The molecule has 9 heteroatoms. The fraction of sp³-hybridized carbons (Fsp3) is 0.389. The Labute approximate surface area is 264 Å². The Hall–Kier alpha value is -4.66. The summed E-state index contributed by atoms with van der Waals surface area (Å²) in [5, 5.41) is 0. The summed E-state index contributed by atoms with van der Waals surface area (Å²) in [4.78, 5) is 49.0. The summed E-state index contributed by atoms with van der Waals surface area (Å²) in [6.45, 7) is 7.12. The van der Waals surface area contributed by atoms with Crippen molar-refractivity contribution in [3.63, 3.8) is 0 Å². The lowest BCUT2D eigenvalue weighted by molar-refractivity contribution is -0.148. The van der Waals surface area contributed by atoms with Crippen molar-refractivity contribution in [1.29, 1.82) is 0 Å². The summed E-state index contributed by atoms with van der Waals surface area (Å²) < 4.78 is 27.0. The Morgan fingerprint density at radius 2 is 0.978 bits per heavy atom. The molecule has 45 heavy (non-hydrogen) atoms. The third kappa shape index (κ3) is 12.1. The molecular formula is C36H42O9. The summed E-state index contributed by atoms with van der Waals surface area (Å²) in [5.41, 5.74) is 0.985. The molecule has 0 N–H and O–H groups in total. The third-order valence-corrected chi connectivity index (χ3v) is 6.99. The van der Waals surface area contributed by atoms with Gasteiger partial charge < -0.3 is 23.7 Å². The van der Waals surface area contributed by atoms with Gasteiger partial charge in [-0.2, -0.15) is 0 Å². The molecule has 0 bridgehead atoms. The highest BCUT2D eigenvalue weighted by atomic mass is 16.5. The lowest BCUT2D eigenvalue weighted by atomic mass is 10.1.